The van der Waals surface area contributed by atoms with Gasteiger partial charge in [0, 0.05) is 19.3 Å². The van der Waals surface area contributed by atoms with Crippen LogP contribution in [0.2, 0.25) is 0 Å². The first-order chi connectivity index (χ1) is 18.5. The lowest BCUT2D eigenvalue weighted by atomic mass is 10.1. The Bertz CT molecular complexity index is 1180. The summed E-state index contributed by atoms with van der Waals surface area (Å²) < 4.78 is 24.8. The van der Waals surface area contributed by atoms with E-state index in [1.807, 2.05) is 30.3 Å². The molecule has 0 bridgehead atoms. The molecule has 1 saturated heterocycles. The van der Waals surface area contributed by atoms with E-state index in [-0.39, 0.29) is 24.1 Å². The second kappa shape index (κ2) is 13.7. The number of carbonyl (C=O) groups is 1. The van der Waals surface area contributed by atoms with Gasteiger partial charge >= 0.3 is 0 Å². The summed E-state index contributed by atoms with van der Waals surface area (Å²) in [6.45, 7) is 2.61. The zero-order valence-corrected chi connectivity index (χ0v) is 21.7. The van der Waals surface area contributed by atoms with Crippen LogP contribution in [0.3, 0.4) is 0 Å². The lowest BCUT2D eigenvalue weighted by Crippen LogP contribution is -2.37. The van der Waals surface area contributed by atoms with Crippen molar-refractivity contribution in [1.29, 1.82) is 0 Å². The maximum atomic E-state index is 13.5. The monoisotopic (exact) mass is 517 g/mol. The van der Waals surface area contributed by atoms with Crippen molar-refractivity contribution in [3.63, 3.8) is 0 Å². The van der Waals surface area contributed by atoms with Crippen molar-refractivity contribution in [2.24, 2.45) is 5.92 Å². The SMILES string of the molecule is CN(C(=O)C(C=C([O-])CN1CCCCC1)COCc1ccccc1)c1ccc(Oc2ccc(F)cc2)cc1. The van der Waals surface area contributed by atoms with Crippen LogP contribution >= 0.6 is 0 Å². The summed E-state index contributed by atoms with van der Waals surface area (Å²) in [6, 6.07) is 22.5. The lowest BCUT2D eigenvalue weighted by Gasteiger charge is -2.30. The smallest absolute Gasteiger partial charge is 0.235 e. The minimum absolute atomic E-state index is 0.0648. The molecule has 0 spiro atoms. The van der Waals surface area contributed by atoms with Gasteiger partial charge in [0.2, 0.25) is 5.91 Å². The van der Waals surface area contributed by atoms with Crippen LogP contribution in [0.4, 0.5) is 10.1 Å². The highest BCUT2D eigenvalue weighted by atomic mass is 19.1. The highest BCUT2D eigenvalue weighted by molar-refractivity contribution is 5.95. The summed E-state index contributed by atoms with van der Waals surface area (Å²) >= 11 is 0. The molecule has 7 heteroatoms. The molecule has 1 heterocycles. The van der Waals surface area contributed by atoms with Gasteiger partial charge in [0.25, 0.3) is 0 Å². The highest BCUT2D eigenvalue weighted by Crippen LogP contribution is 2.25. The van der Waals surface area contributed by atoms with Crippen LogP contribution in [-0.4, -0.2) is 44.1 Å². The number of likely N-dealkylation sites (tertiary alicyclic amines) is 1. The maximum absolute atomic E-state index is 13.5. The van der Waals surface area contributed by atoms with Gasteiger partial charge in [0.05, 0.1) is 19.1 Å². The normalized spacial score (nSPS) is 15.2. The Hall–Kier alpha value is -3.68. The fourth-order valence-corrected chi connectivity index (χ4v) is 4.44. The lowest BCUT2D eigenvalue weighted by molar-refractivity contribution is -0.308. The van der Waals surface area contributed by atoms with Crippen LogP contribution in [-0.2, 0) is 16.1 Å². The van der Waals surface area contributed by atoms with E-state index >= 15 is 0 Å². The first kappa shape index (κ1) is 27.4. The number of carbonyl (C=O) groups excluding carboxylic acids is 1. The van der Waals surface area contributed by atoms with Gasteiger partial charge in [0.1, 0.15) is 17.3 Å². The highest BCUT2D eigenvalue weighted by Gasteiger charge is 2.22. The van der Waals surface area contributed by atoms with Crippen molar-refractivity contribution >= 4 is 11.6 Å². The molecule has 0 N–H and O–H groups in total. The number of hydrogen-bond donors (Lipinski definition) is 0. The van der Waals surface area contributed by atoms with Crippen molar-refractivity contribution in [3.8, 4) is 11.5 Å². The number of hydrogen-bond acceptors (Lipinski definition) is 5. The van der Waals surface area contributed by atoms with Gasteiger partial charge in [-0.1, -0.05) is 42.8 Å². The van der Waals surface area contributed by atoms with Crippen LogP contribution in [0, 0.1) is 11.7 Å². The van der Waals surface area contributed by atoms with E-state index in [1.165, 1.54) is 29.5 Å². The van der Waals surface area contributed by atoms with E-state index in [0.29, 0.717) is 30.3 Å². The van der Waals surface area contributed by atoms with Crippen LogP contribution in [0.15, 0.2) is 90.7 Å². The standard InChI is InChI=1S/C31H35FN2O4/c1-33(27-12-16-30(17-13-27)38-29-14-10-26(32)11-15-29)31(36)25(23-37-22-24-8-4-2-5-9-24)20-28(35)21-34-18-6-3-7-19-34/h2,4-5,8-17,20,25,35H,3,6-7,18-19,21-23H2,1H3/p-1. The predicted octanol–water partition coefficient (Wildman–Crippen LogP) is 5.14. The Morgan fingerprint density at radius 2 is 1.61 bits per heavy atom. The number of rotatable bonds is 11. The second-order valence-electron chi connectivity index (χ2n) is 9.52. The summed E-state index contributed by atoms with van der Waals surface area (Å²) in [5.74, 6) is -0.256. The largest absolute Gasteiger partial charge is 0.875 e. The van der Waals surface area contributed by atoms with Gasteiger partial charge in [-0.2, -0.15) is 0 Å². The van der Waals surface area contributed by atoms with E-state index in [4.69, 9.17) is 9.47 Å². The summed E-state index contributed by atoms with van der Waals surface area (Å²) in [4.78, 5) is 17.2. The number of anilines is 1. The number of ether oxygens (including phenoxy) is 2. The molecule has 0 aromatic heterocycles. The molecule has 6 nitrogen and oxygen atoms in total. The van der Waals surface area contributed by atoms with Gasteiger partial charge in [-0.3, -0.25) is 4.79 Å². The molecule has 3 aromatic rings. The Balaban J connectivity index is 1.43. The molecular weight excluding hydrogens is 483 g/mol. The summed E-state index contributed by atoms with van der Waals surface area (Å²) in [5, 5.41) is 12.9. The molecule has 0 saturated carbocycles. The number of amides is 1. The van der Waals surface area contributed by atoms with Gasteiger partial charge in [0.15, 0.2) is 0 Å². The van der Waals surface area contributed by atoms with Gasteiger partial charge < -0.3 is 24.4 Å². The fraction of sp³-hybridized carbons (Fsp3) is 0.323. The number of piperidine rings is 1. The summed E-state index contributed by atoms with van der Waals surface area (Å²) in [6.07, 6.45) is 4.91. The number of halogens is 1. The van der Waals surface area contributed by atoms with E-state index in [1.54, 1.807) is 43.4 Å². The topological polar surface area (TPSA) is 65.1 Å². The van der Waals surface area contributed by atoms with Crippen LogP contribution in [0.5, 0.6) is 11.5 Å². The molecule has 1 atom stereocenters. The van der Waals surface area contributed by atoms with E-state index in [2.05, 4.69) is 4.90 Å². The van der Waals surface area contributed by atoms with Crippen molar-refractivity contribution in [2.75, 3.05) is 38.2 Å². The Labute approximate surface area is 223 Å². The first-order valence-corrected chi connectivity index (χ1v) is 13.0. The molecule has 0 aliphatic carbocycles. The number of benzene rings is 3. The molecule has 38 heavy (non-hydrogen) atoms. The molecule has 1 fully saturated rings. The first-order valence-electron chi connectivity index (χ1n) is 13.0. The molecular formula is C31H34FN2O4-. The third-order valence-corrected chi connectivity index (χ3v) is 6.55. The second-order valence-corrected chi connectivity index (χ2v) is 9.52. The molecule has 0 radical (unpaired) electrons. The molecule has 1 amide bonds. The minimum Gasteiger partial charge on any atom is -0.875 e. The van der Waals surface area contributed by atoms with E-state index in [0.717, 1.165) is 31.5 Å². The van der Waals surface area contributed by atoms with Crippen molar-refractivity contribution in [3.05, 3.63) is 102 Å². The minimum atomic E-state index is -0.712. The van der Waals surface area contributed by atoms with E-state index < -0.39 is 5.92 Å². The molecule has 4 rings (SSSR count). The Morgan fingerprint density at radius 1 is 0.974 bits per heavy atom. The van der Waals surface area contributed by atoms with Gasteiger partial charge in [-0.05, 0) is 80.0 Å². The molecule has 1 unspecified atom stereocenters. The summed E-state index contributed by atoms with van der Waals surface area (Å²) in [7, 11) is 1.69. The molecule has 1 aliphatic heterocycles. The Morgan fingerprint density at radius 3 is 2.26 bits per heavy atom. The molecule has 200 valence electrons. The van der Waals surface area contributed by atoms with Crippen molar-refractivity contribution in [1.82, 2.24) is 4.90 Å². The molecule has 1 aliphatic rings. The fourth-order valence-electron chi connectivity index (χ4n) is 4.44. The third kappa shape index (κ3) is 8.16. The zero-order chi connectivity index (χ0) is 26.7. The Kier molecular flexibility index (Phi) is 9.90. The average molecular weight is 518 g/mol. The van der Waals surface area contributed by atoms with Gasteiger partial charge in [-0.25, -0.2) is 4.39 Å². The molecule has 3 aromatic carbocycles. The van der Waals surface area contributed by atoms with Crippen LogP contribution < -0.4 is 14.7 Å². The van der Waals surface area contributed by atoms with Crippen molar-refractivity contribution < 1.29 is 23.8 Å². The average Bonchev–Trinajstić information content (AvgIpc) is 2.94. The zero-order valence-electron chi connectivity index (χ0n) is 21.7. The van der Waals surface area contributed by atoms with Crippen LogP contribution in [0.1, 0.15) is 24.8 Å². The number of nitrogens with zero attached hydrogens (tertiary/aromatic N) is 2. The van der Waals surface area contributed by atoms with Gasteiger partial charge in [-0.15, -0.1) is 5.76 Å². The summed E-state index contributed by atoms with van der Waals surface area (Å²) in [5.41, 5.74) is 1.66. The quantitative estimate of drug-likeness (QED) is 0.330. The maximum Gasteiger partial charge on any atom is 0.235 e. The predicted molar refractivity (Wildman–Crippen MR) is 144 cm³/mol. The third-order valence-electron chi connectivity index (χ3n) is 6.55. The van der Waals surface area contributed by atoms with Crippen molar-refractivity contribution in [2.45, 2.75) is 25.9 Å². The van der Waals surface area contributed by atoms with Crippen LogP contribution in [0.25, 0.3) is 0 Å². The van der Waals surface area contributed by atoms with E-state index in [9.17, 15) is 14.3 Å².